The highest BCUT2D eigenvalue weighted by molar-refractivity contribution is 9.10. The average molecular weight is 392 g/mol. The van der Waals surface area contributed by atoms with E-state index in [-0.39, 0.29) is 18.4 Å². The van der Waals surface area contributed by atoms with Crippen LogP contribution in [-0.2, 0) is 6.54 Å². The Morgan fingerprint density at radius 3 is 2.12 bits per heavy atom. The van der Waals surface area contributed by atoms with Crippen LogP contribution in [0.25, 0.3) is 11.1 Å². The second-order valence-electron chi connectivity index (χ2n) is 5.91. The van der Waals surface area contributed by atoms with E-state index in [1.54, 1.807) is 30.3 Å². The zero-order chi connectivity index (χ0) is 17.4. The summed E-state index contributed by atoms with van der Waals surface area (Å²) in [5.74, 6) is -0.552. The zero-order valence-electron chi connectivity index (χ0n) is 13.3. The normalized spacial score (nSPS) is 13.0. The third-order valence-electron chi connectivity index (χ3n) is 4.37. The lowest BCUT2D eigenvalue weighted by Crippen LogP contribution is -2.35. The molecule has 0 spiro atoms. The van der Waals surface area contributed by atoms with E-state index in [9.17, 15) is 9.59 Å². The molecule has 0 atom stereocenters. The number of halogens is 1. The summed E-state index contributed by atoms with van der Waals surface area (Å²) in [6, 6.07) is 22.3. The summed E-state index contributed by atoms with van der Waals surface area (Å²) >= 11 is 3.37. The molecule has 0 radical (unpaired) electrons. The molecule has 0 bridgehead atoms. The molecular formula is C21H14BrNO2. The Balaban J connectivity index is 1.84. The number of hydrogen-bond donors (Lipinski definition) is 0. The zero-order valence-corrected chi connectivity index (χ0v) is 14.9. The quantitative estimate of drug-likeness (QED) is 0.552. The number of carbonyl (C=O) groups is 2. The summed E-state index contributed by atoms with van der Waals surface area (Å²) in [7, 11) is 0. The van der Waals surface area contributed by atoms with Crippen molar-refractivity contribution in [3.63, 3.8) is 0 Å². The summed E-state index contributed by atoms with van der Waals surface area (Å²) in [6.45, 7) is 0.262. The van der Waals surface area contributed by atoms with Crippen LogP contribution in [0.3, 0.4) is 0 Å². The van der Waals surface area contributed by atoms with Gasteiger partial charge in [0.2, 0.25) is 0 Å². The lowest BCUT2D eigenvalue weighted by atomic mass is 9.97. The summed E-state index contributed by atoms with van der Waals surface area (Å²) in [6.07, 6.45) is 0. The Labute approximate surface area is 154 Å². The summed E-state index contributed by atoms with van der Waals surface area (Å²) in [5, 5.41) is 0. The molecule has 0 saturated carbocycles. The van der Waals surface area contributed by atoms with Crippen LogP contribution in [0.1, 0.15) is 26.3 Å². The first-order chi connectivity index (χ1) is 12.1. The maximum atomic E-state index is 13.1. The predicted molar refractivity (Wildman–Crippen MR) is 100 cm³/mol. The van der Waals surface area contributed by atoms with Gasteiger partial charge < -0.3 is 0 Å². The van der Waals surface area contributed by atoms with Crippen LogP contribution in [0.2, 0.25) is 0 Å². The third-order valence-corrected chi connectivity index (χ3v) is 4.90. The van der Waals surface area contributed by atoms with Gasteiger partial charge in [-0.2, -0.15) is 0 Å². The minimum absolute atomic E-state index is 0.262. The fourth-order valence-electron chi connectivity index (χ4n) is 3.13. The van der Waals surface area contributed by atoms with Crippen LogP contribution in [0.4, 0.5) is 0 Å². The fraction of sp³-hybridized carbons (Fsp3) is 0.0476. The Hall–Kier alpha value is -2.72. The second-order valence-corrected chi connectivity index (χ2v) is 6.82. The van der Waals surface area contributed by atoms with E-state index in [0.29, 0.717) is 11.1 Å². The van der Waals surface area contributed by atoms with Gasteiger partial charge in [0.15, 0.2) is 0 Å². The van der Waals surface area contributed by atoms with Crippen molar-refractivity contribution in [2.75, 3.05) is 0 Å². The molecule has 3 nitrogen and oxygen atoms in total. The molecule has 0 N–H and O–H groups in total. The first kappa shape index (κ1) is 15.8. The van der Waals surface area contributed by atoms with Crippen LogP contribution in [0, 0.1) is 0 Å². The van der Waals surface area contributed by atoms with Crippen LogP contribution in [0.15, 0.2) is 77.3 Å². The van der Waals surface area contributed by atoms with Crippen LogP contribution < -0.4 is 0 Å². The molecule has 0 aliphatic carbocycles. The van der Waals surface area contributed by atoms with Crippen molar-refractivity contribution in [2.24, 2.45) is 0 Å². The SMILES string of the molecule is O=C(c1ccc(Br)cc1)N1Cc2ccccc2-c2ccccc2C1=O. The van der Waals surface area contributed by atoms with Gasteiger partial charge in [-0.3, -0.25) is 14.5 Å². The largest absolute Gasteiger partial charge is 0.270 e. The first-order valence-electron chi connectivity index (χ1n) is 7.94. The number of nitrogens with zero attached hydrogens (tertiary/aromatic N) is 1. The highest BCUT2D eigenvalue weighted by Crippen LogP contribution is 2.33. The lowest BCUT2D eigenvalue weighted by molar-refractivity contribution is 0.0606. The van der Waals surface area contributed by atoms with E-state index < -0.39 is 0 Å². The maximum Gasteiger partial charge on any atom is 0.261 e. The number of hydrogen-bond acceptors (Lipinski definition) is 2. The Morgan fingerprint density at radius 2 is 1.40 bits per heavy atom. The number of rotatable bonds is 1. The van der Waals surface area contributed by atoms with Crippen molar-refractivity contribution in [1.82, 2.24) is 4.90 Å². The van der Waals surface area contributed by atoms with Gasteiger partial charge in [0.05, 0.1) is 6.54 Å². The Morgan fingerprint density at radius 1 is 0.800 bits per heavy atom. The molecule has 1 aliphatic rings. The van der Waals surface area contributed by atoms with Crippen molar-refractivity contribution in [2.45, 2.75) is 6.54 Å². The molecular weight excluding hydrogens is 378 g/mol. The van der Waals surface area contributed by atoms with Crippen LogP contribution in [-0.4, -0.2) is 16.7 Å². The van der Waals surface area contributed by atoms with Crippen LogP contribution >= 0.6 is 15.9 Å². The van der Waals surface area contributed by atoms with Crippen molar-refractivity contribution in [3.05, 3.63) is 94.0 Å². The van der Waals surface area contributed by atoms with Gasteiger partial charge in [0.25, 0.3) is 11.8 Å². The molecule has 3 aromatic carbocycles. The van der Waals surface area contributed by atoms with Crippen molar-refractivity contribution >= 4 is 27.7 Å². The fourth-order valence-corrected chi connectivity index (χ4v) is 3.39. The van der Waals surface area contributed by atoms with Gasteiger partial charge in [0, 0.05) is 15.6 Å². The molecule has 0 saturated heterocycles. The Bertz CT molecular complexity index is 979. The highest BCUT2D eigenvalue weighted by atomic mass is 79.9. The van der Waals surface area contributed by atoms with E-state index in [4.69, 9.17) is 0 Å². The second kappa shape index (κ2) is 6.30. The number of benzene rings is 3. The number of imide groups is 1. The van der Waals surface area contributed by atoms with E-state index >= 15 is 0 Å². The van der Waals surface area contributed by atoms with Crippen molar-refractivity contribution < 1.29 is 9.59 Å². The molecule has 3 aromatic rings. The predicted octanol–water partition coefficient (Wildman–Crippen LogP) is 4.91. The standard InChI is InChI=1S/C21H14BrNO2/c22-16-11-9-14(10-12-16)20(24)23-13-15-5-1-2-6-17(15)18-7-3-4-8-19(18)21(23)25/h1-12H,13H2. The maximum absolute atomic E-state index is 13.1. The molecule has 2 amide bonds. The molecule has 0 fully saturated rings. The minimum atomic E-state index is -0.288. The topological polar surface area (TPSA) is 37.4 Å². The van der Waals surface area contributed by atoms with Gasteiger partial charge in [0.1, 0.15) is 0 Å². The summed E-state index contributed by atoms with van der Waals surface area (Å²) in [4.78, 5) is 27.4. The molecule has 25 heavy (non-hydrogen) atoms. The first-order valence-corrected chi connectivity index (χ1v) is 8.73. The van der Waals surface area contributed by atoms with Crippen LogP contribution in [0.5, 0.6) is 0 Å². The van der Waals surface area contributed by atoms with E-state index in [1.165, 1.54) is 4.90 Å². The molecule has 0 unspecified atom stereocenters. The highest BCUT2D eigenvalue weighted by Gasteiger charge is 2.30. The monoisotopic (exact) mass is 391 g/mol. The number of fused-ring (bicyclic) bond motifs is 3. The average Bonchev–Trinajstić information content (AvgIpc) is 2.78. The smallest absolute Gasteiger partial charge is 0.261 e. The Kier molecular flexibility index (Phi) is 3.98. The van der Waals surface area contributed by atoms with Gasteiger partial charge in [-0.25, -0.2) is 0 Å². The van der Waals surface area contributed by atoms with Crippen molar-refractivity contribution in [1.29, 1.82) is 0 Å². The number of amides is 2. The van der Waals surface area contributed by atoms with E-state index in [0.717, 1.165) is 21.2 Å². The van der Waals surface area contributed by atoms with Gasteiger partial charge in [-0.05, 0) is 47.0 Å². The number of carbonyl (C=O) groups excluding carboxylic acids is 2. The molecule has 0 aromatic heterocycles. The van der Waals surface area contributed by atoms with Crippen molar-refractivity contribution in [3.8, 4) is 11.1 Å². The molecule has 122 valence electrons. The molecule has 1 aliphatic heterocycles. The van der Waals surface area contributed by atoms with Gasteiger partial charge in [-0.1, -0.05) is 58.4 Å². The van der Waals surface area contributed by atoms with Gasteiger partial charge >= 0.3 is 0 Å². The van der Waals surface area contributed by atoms with Gasteiger partial charge in [-0.15, -0.1) is 0 Å². The summed E-state index contributed by atoms with van der Waals surface area (Å²) in [5.41, 5.74) is 3.88. The lowest BCUT2D eigenvalue weighted by Gasteiger charge is -2.19. The minimum Gasteiger partial charge on any atom is -0.270 e. The summed E-state index contributed by atoms with van der Waals surface area (Å²) < 4.78 is 0.891. The molecule has 4 rings (SSSR count). The molecule has 4 heteroatoms. The van der Waals surface area contributed by atoms with E-state index in [1.807, 2.05) is 42.5 Å². The van der Waals surface area contributed by atoms with E-state index in [2.05, 4.69) is 15.9 Å². The third kappa shape index (κ3) is 2.79. The molecule has 1 heterocycles.